The number of sulfonamides is 1. The summed E-state index contributed by atoms with van der Waals surface area (Å²) in [5.41, 5.74) is 2.48. The summed E-state index contributed by atoms with van der Waals surface area (Å²) < 4.78 is 33.4. The number of benzene rings is 2. The number of hydrogen-bond donors (Lipinski definition) is 2. The van der Waals surface area contributed by atoms with Gasteiger partial charge in [0.1, 0.15) is 11.8 Å². The Morgan fingerprint density at radius 2 is 1.77 bits per heavy atom. The fraction of sp³-hybridized carbons (Fsp3) is 0.316. The minimum atomic E-state index is -4.02. The quantitative estimate of drug-likeness (QED) is 0.774. The Bertz CT molecular complexity index is 907. The largest absolute Gasteiger partial charge is 0.496 e. The summed E-state index contributed by atoms with van der Waals surface area (Å²) in [6.07, 6.45) is 0.0582. The molecule has 140 valence electrons. The zero-order valence-corrected chi connectivity index (χ0v) is 16.1. The summed E-state index contributed by atoms with van der Waals surface area (Å²) in [7, 11) is -2.50. The normalized spacial score (nSPS) is 12.6. The summed E-state index contributed by atoms with van der Waals surface area (Å²) in [4.78, 5) is 11.7. The maximum atomic E-state index is 12.9. The van der Waals surface area contributed by atoms with Gasteiger partial charge in [-0.3, -0.25) is 4.79 Å². The Labute approximate surface area is 153 Å². The number of ether oxygens (including phenoxy) is 1. The lowest BCUT2D eigenvalue weighted by atomic mass is 10.1. The number of nitrogens with one attached hydrogen (secondary N) is 1. The van der Waals surface area contributed by atoms with Crippen molar-refractivity contribution in [3.8, 4) is 5.75 Å². The van der Waals surface area contributed by atoms with Gasteiger partial charge in [0.25, 0.3) is 0 Å². The number of hydrogen-bond acceptors (Lipinski definition) is 4. The third kappa shape index (κ3) is 4.23. The molecule has 0 saturated carbocycles. The van der Waals surface area contributed by atoms with Crippen LogP contribution < -0.4 is 9.46 Å². The van der Waals surface area contributed by atoms with E-state index >= 15 is 0 Å². The lowest BCUT2D eigenvalue weighted by Crippen LogP contribution is -2.42. The Kier molecular flexibility index (Phi) is 6.05. The van der Waals surface area contributed by atoms with Gasteiger partial charge in [-0.1, -0.05) is 30.3 Å². The Balaban J connectivity index is 2.40. The van der Waals surface area contributed by atoms with Crippen molar-refractivity contribution in [3.05, 3.63) is 58.7 Å². The van der Waals surface area contributed by atoms with E-state index in [1.54, 1.807) is 51.1 Å². The van der Waals surface area contributed by atoms with E-state index in [4.69, 9.17) is 4.74 Å². The first-order valence-corrected chi connectivity index (χ1v) is 9.59. The van der Waals surface area contributed by atoms with Crippen molar-refractivity contribution in [2.45, 2.75) is 38.1 Å². The van der Waals surface area contributed by atoms with E-state index in [9.17, 15) is 18.3 Å². The highest BCUT2D eigenvalue weighted by Crippen LogP contribution is 2.30. The maximum Gasteiger partial charge on any atom is 0.322 e. The van der Waals surface area contributed by atoms with Crippen molar-refractivity contribution >= 4 is 16.0 Å². The summed E-state index contributed by atoms with van der Waals surface area (Å²) in [6, 6.07) is 9.29. The predicted molar refractivity (Wildman–Crippen MR) is 99.1 cm³/mol. The molecule has 2 aromatic rings. The van der Waals surface area contributed by atoms with Gasteiger partial charge < -0.3 is 9.84 Å². The molecular weight excluding hydrogens is 354 g/mol. The molecule has 2 rings (SSSR count). The van der Waals surface area contributed by atoms with Crippen molar-refractivity contribution in [2.75, 3.05) is 7.11 Å². The van der Waals surface area contributed by atoms with Gasteiger partial charge in [0.15, 0.2) is 0 Å². The summed E-state index contributed by atoms with van der Waals surface area (Å²) in [6.45, 7) is 5.12. The molecule has 0 bridgehead atoms. The summed E-state index contributed by atoms with van der Waals surface area (Å²) in [5.74, 6) is -0.629. The second-order valence-electron chi connectivity index (χ2n) is 6.18. The second-order valence-corrected chi connectivity index (χ2v) is 7.83. The zero-order valence-electron chi connectivity index (χ0n) is 15.2. The van der Waals surface area contributed by atoms with E-state index in [0.29, 0.717) is 22.4 Å². The third-order valence-electron chi connectivity index (χ3n) is 4.35. The molecule has 0 radical (unpaired) electrons. The molecule has 0 saturated heterocycles. The van der Waals surface area contributed by atoms with Crippen molar-refractivity contribution < 1.29 is 23.1 Å². The number of methoxy groups -OCH3 is 1. The van der Waals surface area contributed by atoms with E-state index in [1.165, 1.54) is 7.11 Å². The van der Waals surface area contributed by atoms with Gasteiger partial charge in [-0.05, 0) is 55.5 Å². The van der Waals surface area contributed by atoms with Gasteiger partial charge in [-0.2, -0.15) is 4.72 Å². The molecule has 0 fully saturated rings. The summed E-state index contributed by atoms with van der Waals surface area (Å²) in [5, 5.41) is 9.47. The van der Waals surface area contributed by atoms with Crippen LogP contribution >= 0.6 is 0 Å². The molecule has 6 nitrogen and oxygen atoms in total. The molecule has 0 spiro atoms. The van der Waals surface area contributed by atoms with Crippen LogP contribution in [-0.2, 0) is 21.2 Å². The smallest absolute Gasteiger partial charge is 0.322 e. The van der Waals surface area contributed by atoms with Crippen LogP contribution in [0.1, 0.15) is 22.3 Å². The molecule has 0 aliphatic rings. The molecule has 2 N–H and O–H groups in total. The van der Waals surface area contributed by atoms with E-state index in [-0.39, 0.29) is 11.3 Å². The highest BCUT2D eigenvalue weighted by atomic mass is 32.2. The maximum absolute atomic E-state index is 12.9. The highest BCUT2D eigenvalue weighted by molar-refractivity contribution is 7.89. The first-order chi connectivity index (χ1) is 12.2. The van der Waals surface area contributed by atoms with E-state index < -0.39 is 22.0 Å². The van der Waals surface area contributed by atoms with Crippen LogP contribution in [0.5, 0.6) is 5.75 Å². The van der Waals surface area contributed by atoms with Crippen molar-refractivity contribution in [1.29, 1.82) is 0 Å². The third-order valence-corrected chi connectivity index (χ3v) is 6.11. The van der Waals surface area contributed by atoms with Crippen LogP contribution in [0.2, 0.25) is 0 Å². The molecule has 2 aromatic carbocycles. The van der Waals surface area contributed by atoms with E-state index in [0.717, 1.165) is 5.56 Å². The Morgan fingerprint density at radius 3 is 2.31 bits per heavy atom. The van der Waals surface area contributed by atoms with Crippen LogP contribution in [0.25, 0.3) is 0 Å². The van der Waals surface area contributed by atoms with Gasteiger partial charge in [-0.15, -0.1) is 0 Å². The van der Waals surface area contributed by atoms with Crippen LogP contribution in [0.3, 0.4) is 0 Å². The van der Waals surface area contributed by atoms with Crippen molar-refractivity contribution in [1.82, 2.24) is 4.72 Å². The zero-order chi connectivity index (χ0) is 19.5. The summed E-state index contributed by atoms with van der Waals surface area (Å²) >= 11 is 0. The number of rotatable bonds is 7. The highest BCUT2D eigenvalue weighted by Gasteiger charge is 2.29. The van der Waals surface area contributed by atoms with Crippen molar-refractivity contribution in [2.24, 2.45) is 0 Å². The van der Waals surface area contributed by atoms with Gasteiger partial charge >= 0.3 is 5.97 Å². The molecular formula is C19H23NO5S. The van der Waals surface area contributed by atoms with Gasteiger partial charge in [0.2, 0.25) is 10.0 Å². The number of aryl methyl sites for hydroxylation is 1. The molecule has 1 unspecified atom stereocenters. The van der Waals surface area contributed by atoms with Gasteiger partial charge in [-0.25, -0.2) is 8.42 Å². The molecule has 0 aliphatic carbocycles. The van der Waals surface area contributed by atoms with Gasteiger partial charge in [0.05, 0.1) is 12.0 Å². The first kappa shape index (κ1) is 19.9. The molecule has 0 heterocycles. The van der Waals surface area contributed by atoms with Crippen LogP contribution in [-0.4, -0.2) is 32.6 Å². The molecule has 7 heteroatoms. The fourth-order valence-corrected chi connectivity index (χ4v) is 4.64. The molecule has 0 aliphatic heterocycles. The Hall–Kier alpha value is -2.38. The van der Waals surface area contributed by atoms with Gasteiger partial charge in [0, 0.05) is 0 Å². The SMILES string of the molecule is COc1cc(C)c(S(=O)(=O)NC(Cc2ccccc2)C(=O)O)c(C)c1C. The standard InChI is InChI=1S/C19H23NO5S/c1-12-10-17(25-4)13(2)14(3)18(12)26(23,24)20-16(19(21)22)11-15-8-6-5-7-9-15/h5-10,16,20H,11H2,1-4H3,(H,21,22). The van der Waals surface area contributed by atoms with Crippen LogP contribution in [0.15, 0.2) is 41.3 Å². The predicted octanol–water partition coefficient (Wildman–Crippen LogP) is 2.59. The monoisotopic (exact) mass is 377 g/mol. The topological polar surface area (TPSA) is 92.7 Å². The molecule has 1 atom stereocenters. The van der Waals surface area contributed by atoms with E-state index in [2.05, 4.69) is 4.72 Å². The molecule has 0 aromatic heterocycles. The average Bonchev–Trinajstić information content (AvgIpc) is 2.58. The van der Waals surface area contributed by atoms with Crippen molar-refractivity contribution in [3.63, 3.8) is 0 Å². The average molecular weight is 377 g/mol. The van der Waals surface area contributed by atoms with Crippen LogP contribution in [0.4, 0.5) is 0 Å². The lowest BCUT2D eigenvalue weighted by Gasteiger charge is -2.19. The number of carbonyl (C=O) groups is 1. The van der Waals surface area contributed by atoms with Crippen LogP contribution in [0, 0.1) is 20.8 Å². The molecule has 26 heavy (non-hydrogen) atoms. The second kappa shape index (κ2) is 7.88. The minimum absolute atomic E-state index is 0.0582. The lowest BCUT2D eigenvalue weighted by molar-refractivity contribution is -0.138. The number of carboxylic acids is 1. The Morgan fingerprint density at radius 1 is 1.15 bits per heavy atom. The minimum Gasteiger partial charge on any atom is -0.496 e. The fourth-order valence-electron chi connectivity index (χ4n) is 2.92. The van der Waals surface area contributed by atoms with E-state index in [1.807, 2.05) is 6.07 Å². The molecule has 0 amide bonds. The number of aliphatic carboxylic acids is 1. The number of carboxylic acid groups (broad SMARTS) is 1. The first-order valence-electron chi connectivity index (χ1n) is 8.11.